The second-order valence-corrected chi connectivity index (χ2v) is 8.06. The van der Waals surface area contributed by atoms with E-state index in [0.717, 1.165) is 31.2 Å². The minimum Gasteiger partial charge on any atom is -0.466 e. The summed E-state index contributed by atoms with van der Waals surface area (Å²) >= 11 is 0. The second-order valence-electron chi connectivity index (χ2n) is 8.06. The van der Waals surface area contributed by atoms with E-state index in [1.54, 1.807) is 4.90 Å². The zero-order valence-corrected chi connectivity index (χ0v) is 16.4. The normalized spacial score (nSPS) is 29.2. The maximum absolute atomic E-state index is 12.2. The van der Waals surface area contributed by atoms with Gasteiger partial charge in [-0.05, 0) is 50.0 Å². The Morgan fingerprint density at radius 1 is 1.00 bits per heavy atom. The van der Waals surface area contributed by atoms with E-state index < -0.39 is 0 Å². The van der Waals surface area contributed by atoms with Gasteiger partial charge in [-0.1, -0.05) is 30.3 Å². The van der Waals surface area contributed by atoms with Crippen LogP contribution in [0.3, 0.4) is 0 Å². The molecule has 3 fully saturated rings. The molecule has 1 unspecified atom stereocenters. The Bertz CT molecular complexity index is 673. The summed E-state index contributed by atoms with van der Waals surface area (Å²) < 4.78 is 16.8. The number of ether oxygens (including phenoxy) is 3. The minimum atomic E-state index is -0.248. The smallest absolute Gasteiger partial charge is 0.410 e. The quantitative estimate of drug-likeness (QED) is 0.700. The lowest BCUT2D eigenvalue weighted by atomic mass is 10.1. The maximum Gasteiger partial charge on any atom is 0.410 e. The summed E-state index contributed by atoms with van der Waals surface area (Å²) in [5.74, 6) is 0.994. The highest BCUT2D eigenvalue weighted by atomic mass is 16.6. The molecule has 1 aromatic carbocycles. The van der Waals surface area contributed by atoms with E-state index in [1.807, 2.05) is 37.3 Å². The Morgan fingerprint density at radius 2 is 1.68 bits per heavy atom. The fraction of sp³-hybridized carbons (Fsp3) is 0.636. The highest BCUT2D eigenvalue weighted by Crippen LogP contribution is 2.58. The molecule has 0 radical (unpaired) electrons. The van der Waals surface area contributed by atoms with Crippen molar-refractivity contribution in [2.45, 2.75) is 51.4 Å². The van der Waals surface area contributed by atoms with Gasteiger partial charge in [-0.15, -0.1) is 0 Å². The summed E-state index contributed by atoms with van der Waals surface area (Å²) in [6.45, 7) is 3.96. The van der Waals surface area contributed by atoms with Crippen LogP contribution in [0, 0.1) is 17.8 Å². The van der Waals surface area contributed by atoms with Crippen LogP contribution in [0.2, 0.25) is 0 Å². The summed E-state index contributed by atoms with van der Waals surface area (Å²) in [7, 11) is 0. The number of benzene rings is 1. The first-order valence-corrected chi connectivity index (χ1v) is 10.4. The van der Waals surface area contributed by atoms with Gasteiger partial charge in [-0.2, -0.15) is 0 Å². The van der Waals surface area contributed by atoms with Crippen LogP contribution < -0.4 is 0 Å². The van der Waals surface area contributed by atoms with E-state index in [-0.39, 0.29) is 30.2 Å². The van der Waals surface area contributed by atoms with Crippen LogP contribution in [0.4, 0.5) is 4.79 Å². The molecule has 1 saturated heterocycles. The van der Waals surface area contributed by atoms with Crippen molar-refractivity contribution in [1.82, 2.24) is 4.90 Å². The molecule has 0 spiro atoms. The number of rotatable bonds is 6. The molecule has 1 aliphatic heterocycles. The number of amides is 1. The van der Waals surface area contributed by atoms with Gasteiger partial charge >= 0.3 is 12.1 Å². The zero-order valence-electron chi connectivity index (χ0n) is 16.4. The molecule has 3 aliphatic rings. The summed E-state index contributed by atoms with van der Waals surface area (Å²) in [4.78, 5) is 25.9. The highest BCUT2D eigenvalue weighted by molar-refractivity contribution is 5.76. The molecule has 1 amide bonds. The molecule has 6 heteroatoms. The first-order valence-electron chi connectivity index (χ1n) is 10.4. The van der Waals surface area contributed by atoms with Crippen LogP contribution in [0.5, 0.6) is 0 Å². The summed E-state index contributed by atoms with van der Waals surface area (Å²) in [5, 5.41) is 0. The molecule has 4 rings (SSSR count). The van der Waals surface area contributed by atoms with E-state index in [4.69, 9.17) is 14.2 Å². The lowest BCUT2D eigenvalue weighted by Crippen LogP contribution is -2.42. The van der Waals surface area contributed by atoms with Gasteiger partial charge in [0, 0.05) is 13.1 Å². The van der Waals surface area contributed by atoms with Crippen molar-refractivity contribution in [3.63, 3.8) is 0 Å². The predicted octanol–water partition coefficient (Wildman–Crippen LogP) is 3.39. The van der Waals surface area contributed by atoms with Crippen molar-refractivity contribution in [2.24, 2.45) is 17.8 Å². The molecule has 6 nitrogen and oxygen atoms in total. The third-order valence-electron chi connectivity index (χ3n) is 6.25. The van der Waals surface area contributed by atoms with Crippen LogP contribution in [0.15, 0.2) is 30.3 Å². The highest BCUT2D eigenvalue weighted by Gasteiger charge is 2.60. The summed E-state index contributed by atoms with van der Waals surface area (Å²) in [6, 6.07) is 9.72. The molecular weight excluding hydrogens is 358 g/mol. The molecule has 4 atom stereocenters. The number of piperidine rings is 1. The number of fused-ring (bicyclic) bond motifs is 1. The minimum absolute atomic E-state index is 0.0294. The third-order valence-corrected chi connectivity index (χ3v) is 6.25. The predicted molar refractivity (Wildman–Crippen MR) is 102 cm³/mol. The van der Waals surface area contributed by atoms with E-state index in [9.17, 15) is 9.59 Å². The first kappa shape index (κ1) is 19.2. The molecule has 28 heavy (non-hydrogen) atoms. The van der Waals surface area contributed by atoms with Gasteiger partial charge in [-0.3, -0.25) is 4.79 Å². The van der Waals surface area contributed by atoms with Gasteiger partial charge in [0.05, 0.1) is 24.7 Å². The number of carbonyl (C=O) groups excluding carboxylic acids is 2. The van der Waals surface area contributed by atoms with Gasteiger partial charge in [-0.25, -0.2) is 4.79 Å². The van der Waals surface area contributed by atoms with Gasteiger partial charge < -0.3 is 19.1 Å². The van der Waals surface area contributed by atoms with Crippen LogP contribution >= 0.6 is 0 Å². The molecule has 0 N–H and O–H groups in total. The number of esters is 1. The van der Waals surface area contributed by atoms with Crippen molar-refractivity contribution < 1.29 is 23.8 Å². The summed E-state index contributed by atoms with van der Waals surface area (Å²) in [5.41, 5.74) is 0.995. The Morgan fingerprint density at radius 3 is 2.32 bits per heavy atom. The van der Waals surface area contributed by atoms with Gasteiger partial charge in [0.1, 0.15) is 6.61 Å². The van der Waals surface area contributed by atoms with Crippen LogP contribution in [-0.4, -0.2) is 48.9 Å². The fourth-order valence-electron chi connectivity index (χ4n) is 4.75. The van der Waals surface area contributed by atoms with Gasteiger partial charge in [0.15, 0.2) is 0 Å². The van der Waals surface area contributed by atoms with Crippen molar-refractivity contribution in [1.29, 1.82) is 0 Å². The number of likely N-dealkylation sites (tertiary alicyclic amines) is 1. The Balaban J connectivity index is 1.14. The Kier molecular flexibility index (Phi) is 5.85. The Hall–Kier alpha value is -2.08. The molecule has 1 heterocycles. The topological polar surface area (TPSA) is 65.1 Å². The molecule has 2 aliphatic carbocycles. The molecule has 152 valence electrons. The molecular formula is C22H29NO5. The number of hydrogen-bond donors (Lipinski definition) is 0. The maximum atomic E-state index is 12.2. The van der Waals surface area contributed by atoms with E-state index in [0.29, 0.717) is 38.1 Å². The van der Waals surface area contributed by atoms with Gasteiger partial charge in [0.2, 0.25) is 0 Å². The number of hydrogen-bond acceptors (Lipinski definition) is 5. The van der Waals surface area contributed by atoms with E-state index in [2.05, 4.69) is 0 Å². The SMILES string of the molecule is CCOC(=O)[C@H]1C2C[C@@H](OC3CCN(C(=O)OCc4ccccc4)CC3)C[C@@H]21. The average Bonchev–Trinajstić information content (AvgIpc) is 3.23. The van der Waals surface area contributed by atoms with Crippen molar-refractivity contribution in [3.05, 3.63) is 35.9 Å². The lowest BCUT2D eigenvalue weighted by Gasteiger charge is -2.33. The van der Waals surface area contributed by atoms with Crippen LogP contribution in [-0.2, 0) is 25.6 Å². The second kappa shape index (κ2) is 8.52. The fourth-order valence-corrected chi connectivity index (χ4v) is 4.75. The number of carbonyl (C=O) groups is 2. The monoisotopic (exact) mass is 387 g/mol. The van der Waals surface area contributed by atoms with Crippen LogP contribution in [0.1, 0.15) is 38.2 Å². The van der Waals surface area contributed by atoms with Crippen molar-refractivity contribution in [3.8, 4) is 0 Å². The Labute approximate surface area is 166 Å². The van der Waals surface area contributed by atoms with E-state index >= 15 is 0 Å². The van der Waals surface area contributed by atoms with E-state index in [1.165, 1.54) is 0 Å². The largest absolute Gasteiger partial charge is 0.466 e. The number of nitrogens with zero attached hydrogens (tertiary/aromatic N) is 1. The molecule has 1 aromatic rings. The summed E-state index contributed by atoms with van der Waals surface area (Å²) in [6.07, 6.45) is 3.81. The van der Waals surface area contributed by atoms with Gasteiger partial charge in [0.25, 0.3) is 0 Å². The average molecular weight is 387 g/mol. The lowest BCUT2D eigenvalue weighted by molar-refractivity contribution is -0.146. The van der Waals surface area contributed by atoms with Crippen LogP contribution in [0.25, 0.3) is 0 Å². The first-order chi connectivity index (χ1) is 13.7. The molecule has 0 bridgehead atoms. The van der Waals surface area contributed by atoms with Crippen molar-refractivity contribution in [2.75, 3.05) is 19.7 Å². The van der Waals surface area contributed by atoms with Crippen molar-refractivity contribution >= 4 is 12.1 Å². The zero-order chi connectivity index (χ0) is 19.5. The third kappa shape index (κ3) is 4.32. The standard InChI is InChI=1S/C22H29NO5/c1-2-26-21(24)20-18-12-17(13-19(18)20)28-16-8-10-23(11-9-16)22(25)27-14-15-6-4-3-5-7-15/h3-7,16-20H,2,8-14H2,1H3/t17-,18-,19?,20+/m0/s1. The molecule has 2 saturated carbocycles. The molecule has 0 aromatic heterocycles.